The number of nitrogens with zero attached hydrogens (tertiary/aromatic N) is 1. The summed E-state index contributed by atoms with van der Waals surface area (Å²) in [6, 6.07) is 12.9. The normalized spacial score (nSPS) is 16.2. The Kier molecular flexibility index (Phi) is 8.28. The van der Waals surface area contributed by atoms with Gasteiger partial charge in [0.05, 0.1) is 6.04 Å². The second kappa shape index (κ2) is 11.1. The van der Waals surface area contributed by atoms with Crippen LogP contribution in [0.1, 0.15) is 37.6 Å². The van der Waals surface area contributed by atoms with E-state index in [2.05, 4.69) is 33.0 Å². The lowest BCUT2D eigenvalue weighted by atomic mass is 10.0. The Morgan fingerprint density at radius 3 is 2.47 bits per heavy atom. The van der Waals surface area contributed by atoms with Crippen molar-refractivity contribution in [2.45, 2.75) is 38.8 Å². The van der Waals surface area contributed by atoms with E-state index in [1.165, 1.54) is 17.7 Å². The Bertz CT molecular complexity index is 789. The van der Waals surface area contributed by atoms with Gasteiger partial charge < -0.3 is 15.4 Å². The van der Waals surface area contributed by atoms with Crippen LogP contribution in [0.25, 0.3) is 0 Å². The minimum atomic E-state index is -0.598. The Morgan fingerprint density at radius 2 is 1.83 bits per heavy atom. The first kappa shape index (κ1) is 22.3. The number of rotatable bonds is 10. The van der Waals surface area contributed by atoms with E-state index < -0.39 is 6.04 Å². The molecule has 0 bridgehead atoms. The van der Waals surface area contributed by atoms with E-state index >= 15 is 0 Å². The average molecular weight is 430 g/mol. The highest BCUT2D eigenvalue weighted by molar-refractivity contribution is 7.10. The van der Waals surface area contributed by atoms with Crippen molar-refractivity contribution in [3.8, 4) is 5.75 Å². The largest absolute Gasteiger partial charge is 0.484 e. The molecule has 0 radical (unpaired) electrons. The second-order valence-electron chi connectivity index (χ2n) is 7.91. The molecule has 1 saturated heterocycles. The maximum Gasteiger partial charge on any atom is 0.258 e. The standard InChI is InChI=1S/C23H31N3O3S/c1-17(2)22(25-21(27)16-29-18-9-4-3-5-10-18)23(28)24-15-19(20-11-8-14-30-20)26-12-6-7-13-26/h3-5,8-11,14,17,19,22H,6-7,12-13,15-16H2,1-2H3,(H,24,28)(H,25,27). The van der Waals surface area contributed by atoms with Crippen LogP contribution >= 0.6 is 11.3 Å². The Labute approximate surface area is 182 Å². The molecule has 1 fully saturated rings. The van der Waals surface area contributed by atoms with E-state index in [1.54, 1.807) is 23.5 Å². The molecular formula is C23H31N3O3S. The van der Waals surface area contributed by atoms with Gasteiger partial charge in [-0.15, -0.1) is 11.3 Å². The van der Waals surface area contributed by atoms with Crippen molar-refractivity contribution < 1.29 is 14.3 Å². The topological polar surface area (TPSA) is 70.7 Å². The summed E-state index contributed by atoms with van der Waals surface area (Å²) in [6.07, 6.45) is 2.39. The number of likely N-dealkylation sites (tertiary alicyclic amines) is 1. The summed E-state index contributed by atoms with van der Waals surface area (Å²) in [6.45, 7) is 6.39. The fourth-order valence-corrected chi connectivity index (χ4v) is 4.53. The number of amides is 2. The Hall–Kier alpha value is -2.38. The van der Waals surface area contributed by atoms with Gasteiger partial charge in [0.1, 0.15) is 11.8 Å². The molecule has 30 heavy (non-hydrogen) atoms. The van der Waals surface area contributed by atoms with Gasteiger partial charge in [-0.25, -0.2) is 0 Å². The molecule has 2 amide bonds. The van der Waals surface area contributed by atoms with Gasteiger partial charge in [0, 0.05) is 11.4 Å². The fourth-order valence-electron chi connectivity index (χ4n) is 3.67. The zero-order valence-electron chi connectivity index (χ0n) is 17.7. The van der Waals surface area contributed by atoms with Crippen molar-refractivity contribution in [3.63, 3.8) is 0 Å². The summed E-state index contributed by atoms with van der Waals surface area (Å²) in [5, 5.41) is 7.98. The number of carbonyl (C=O) groups excluding carboxylic acids is 2. The third kappa shape index (κ3) is 6.31. The number of benzene rings is 1. The molecule has 2 heterocycles. The van der Waals surface area contributed by atoms with Crippen LogP contribution in [-0.2, 0) is 9.59 Å². The molecule has 0 saturated carbocycles. The number of ether oxygens (including phenoxy) is 1. The van der Waals surface area contributed by atoms with Crippen LogP contribution in [0.15, 0.2) is 47.8 Å². The highest BCUT2D eigenvalue weighted by Gasteiger charge is 2.28. The SMILES string of the molecule is CC(C)C(NC(=O)COc1ccccc1)C(=O)NCC(c1cccs1)N1CCCC1. The number of nitrogens with one attached hydrogen (secondary N) is 2. The summed E-state index contributed by atoms with van der Waals surface area (Å²) < 4.78 is 5.49. The highest BCUT2D eigenvalue weighted by atomic mass is 32.1. The zero-order valence-corrected chi connectivity index (χ0v) is 18.5. The lowest BCUT2D eigenvalue weighted by Gasteiger charge is -2.28. The first-order valence-electron chi connectivity index (χ1n) is 10.6. The molecular weight excluding hydrogens is 398 g/mol. The summed E-state index contributed by atoms with van der Waals surface area (Å²) >= 11 is 1.72. The summed E-state index contributed by atoms with van der Waals surface area (Å²) in [4.78, 5) is 28.9. The van der Waals surface area contributed by atoms with Gasteiger partial charge >= 0.3 is 0 Å². The first-order chi connectivity index (χ1) is 14.5. The van der Waals surface area contributed by atoms with Crippen molar-refractivity contribution in [3.05, 3.63) is 52.7 Å². The van der Waals surface area contributed by atoms with Crippen LogP contribution in [0.5, 0.6) is 5.75 Å². The number of carbonyl (C=O) groups is 2. The second-order valence-corrected chi connectivity index (χ2v) is 8.89. The van der Waals surface area contributed by atoms with E-state index in [4.69, 9.17) is 4.74 Å². The molecule has 1 aromatic heterocycles. The molecule has 0 spiro atoms. The van der Waals surface area contributed by atoms with E-state index in [0.29, 0.717) is 12.3 Å². The predicted octanol–water partition coefficient (Wildman–Crippen LogP) is 3.22. The molecule has 2 N–H and O–H groups in total. The van der Waals surface area contributed by atoms with Crippen molar-refractivity contribution in [2.24, 2.45) is 5.92 Å². The quantitative estimate of drug-likeness (QED) is 0.608. The van der Waals surface area contributed by atoms with E-state index in [1.807, 2.05) is 32.0 Å². The fraction of sp³-hybridized carbons (Fsp3) is 0.478. The highest BCUT2D eigenvalue weighted by Crippen LogP contribution is 2.27. The monoisotopic (exact) mass is 429 g/mol. The van der Waals surface area contributed by atoms with Gasteiger partial charge in [-0.1, -0.05) is 38.1 Å². The molecule has 2 aromatic rings. The molecule has 3 rings (SSSR count). The van der Waals surface area contributed by atoms with Crippen LogP contribution in [0.3, 0.4) is 0 Å². The van der Waals surface area contributed by atoms with Crippen LogP contribution in [-0.4, -0.2) is 49.0 Å². The van der Waals surface area contributed by atoms with Crippen LogP contribution < -0.4 is 15.4 Å². The number of hydrogen-bond acceptors (Lipinski definition) is 5. The molecule has 1 aromatic carbocycles. The summed E-state index contributed by atoms with van der Waals surface area (Å²) in [5.74, 6) is 0.140. The third-order valence-corrected chi connectivity index (χ3v) is 6.27. The summed E-state index contributed by atoms with van der Waals surface area (Å²) in [7, 11) is 0. The van der Waals surface area contributed by atoms with Crippen LogP contribution in [0.2, 0.25) is 0 Å². The lowest BCUT2D eigenvalue weighted by Crippen LogP contribution is -2.52. The van der Waals surface area contributed by atoms with Gasteiger partial charge in [0.15, 0.2) is 6.61 Å². The van der Waals surface area contributed by atoms with Gasteiger partial charge in [0.2, 0.25) is 5.91 Å². The maximum absolute atomic E-state index is 12.9. The van der Waals surface area contributed by atoms with Crippen molar-refractivity contribution in [1.29, 1.82) is 0 Å². The maximum atomic E-state index is 12.9. The molecule has 0 aliphatic carbocycles. The Balaban J connectivity index is 1.54. The van der Waals surface area contributed by atoms with E-state index in [9.17, 15) is 9.59 Å². The number of para-hydroxylation sites is 1. The third-order valence-electron chi connectivity index (χ3n) is 5.30. The van der Waals surface area contributed by atoms with Gasteiger partial charge in [-0.3, -0.25) is 14.5 Å². The smallest absolute Gasteiger partial charge is 0.258 e. The van der Waals surface area contributed by atoms with Gasteiger partial charge in [-0.2, -0.15) is 0 Å². The van der Waals surface area contributed by atoms with Crippen molar-refractivity contribution in [2.75, 3.05) is 26.2 Å². The van der Waals surface area contributed by atoms with Crippen molar-refractivity contribution in [1.82, 2.24) is 15.5 Å². The molecule has 2 atom stereocenters. The number of thiophene rings is 1. The predicted molar refractivity (Wildman–Crippen MR) is 120 cm³/mol. The van der Waals surface area contributed by atoms with E-state index in [0.717, 1.165) is 13.1 Å². The molecule has 6 nitrogen and oxygen atoms in total. The van der Waals surface area contributed by atoms with Crippen molar-refractivity contribution >= 4 is 23.2 Å². The summed E-state index contributed by atoms with van der Waals surface area (Å²) in [5.41, 5.74) is 0. The molecule has 162 valence electrons. The van der Waals surface area contributed by atoms with Gasteiger partial charge in [0.25, 0.3) is 5.91 Å². The minimum Gasteiger partial charge on any atom is -0.484 e. The molecule has 7 heteroatoms. The van der Waals surface area contributed by atoms with E-state index in [-0.39, 0.29) is 30.4 Å². The van der Waals surface area contributed by atoms with Gasteiger partial charge in [-0.05, 0) is 55.4 Å². The number of hydrogen-bond donors (Lipinski definition) is 2. The first-order valence-corrected chi connectivity index (χ1v) is 11.4. The zero-order chi connectivity index (χ0) is 21.3. The lowest BCUT2D eigenvalue weighted by molar-refractivity contribution is -0.131. The van der Waals surface area contributed by atoms with Crippen LogP contribution in [0, 0.1) is 5.92 Å². The molecule has 2 unspecified atom stereocenters. The van der Waals surface area contributed by atoms with Crippen LogP contribution in [0.4, 0.5) is 0 Å². The molecule has 1 aliphatic rings. The Morgan fingerprint density at radius 1 is 1.10 bits per heavy atom. The molecule has 1 aliphatic heterocycles. The average Bonchev–Trinajstić information content (AvgIpc) is 3.46. The minimum absolute atomic E-state index is 0.0300.